The third kappa shape index (κ3) is 5.40. The Bertz CT molecular complexity index is 891. The number of nitrogens with one attached hydrogen (secondary N) is 2. The van der Waals surface area contributed by atoms with Gasteiger partial charge < -0.3 is 30.9 Å². The van der Waals surface area contributed by atoms with Gasteiger partial charge in [-0.05, 0) is 48.5 Å². The molecule has 1 aliphatic heterocycles. The van der Waals surface area contributed by atoms with Gasteiger partial charge in [0.2, 0.25) is 11.8 Å². The summed E-state index contributed by atoms with van der Waals surface area (Å²) in [6.07, 6.45) is 0. The third-order valence-electron chi connectivity index (χ3n) is 4.86. The fraction of sp³-hybridized carbons (Fsp3) is 0.286. The van der Waals surface area contributed by atoms with Crippen molar-refractivity contribution in [1.82, 2.24) is 10.2 Å². The number of carbonyl (C=O) groups excluding carboxylic acids is 3. The zero-order valence-electron chi connectivity index (χ0n) is 16.8. The number of anilines is 2. The lowest BCUT2D eigenvalue weighted by molar-refractivity contribution is -0.115. The fourth-order valence-corrected chi connectivity index (χ4v) is 3.15. The molecule has 1 saturated heterocycles. The van der Waals surface area contributed by atoms with Gasteiger partial charge in [-0.25, -0.2) is 4.79 Å². The summed E-state index contributed by atoms with van der Waals surface area (Å²) in [5.74, 6) is -0.0851. The number of benzene rings is 2. The number of primary amides is 1. The lowest BCUT2D eigenvalue weighted by Gasteiger charge is -2.36. The molecule has 1 fully saturated rings. The summed E-state index contributed by atoms with van der Waals surface area (Å²) in [6.45, 7) is 2.40. The van der Waals surface area contributed by atoms with E-state index in [1.807, 2.05) is 24.3 Å². The van der Waals surface area contributed by atoms with Gasteiger partial charge in [-0.1, -0.05) is 0 Å². The molecule has 4 amide bonds. The zero-order chi connectivity index (χ0) is 21.5. The standard InChI is InChI=1S/C21H25N5O4/c1-30-18-8-6-17(7-9-18)25-10-12-26(13-11-25)21(29)23-14-19(27)24-16-4-2-15(3-5-16)20(22)28/h2-9H,10-14H2,1H3,(H2,22,28)(H,23,29)(H,24,27). The molecule has 0 aliphatic carbocycles. The lowest BCUT2D eigenvalue weighted by Crippen LogP contribution is -2.52. The van der Waals surface area contributed by atoms with Crippen LogP contribution in [0.15, 0.2) is 48.5 Å². The van der Waals surface area contributed by atoms with Gasteiger partial charge in [-0.3, -0.25) is 9.59 Å². The van der Waals surface area contributed by atoms with Crippen LogP contribution < -0.4 is 26.0 Å². The minimum atomic E-state index is -0.535. The quantitative estimate of drug-likeness (QED) is 0.662. The first-order valence-corrected chi connectivity index (χ1v) is 9.58. The van der Waals surface area contributed by atoms with Crippen LogP contribution in [0.1, 0.15) is 10.4 Å². The topological polar surface area (TPSA) is 117 Å². The molecule has 9 heteroatoms. The number of nitrogens with zero attached hydrogens (tertiary/aromatic N) is 2. The summed E-state index contributed by atoms with van der Waals surface area (Å²) in [5, 5.41) is 5.30. The number of nitrogens with two attached hydrogens (primary N) is 1. The monoisotopic (exact) mass is 411 g/mol. The van der Waals surface area contributed by atoms with Crippen LogP contribution in [0.5, 0.6) is 5.75 Å². The number of methoxy groups -OCH3 is 1. The van der Waals surface area contributed by atoms with Crippen LogP contribution in [-0.2, 0) is 4.79 Å². The first-order chi connectivity index (χ1) is 14.5. The Morgan fingerprint density at radius 2 is 1.60 bits per heavy atom. The van der Waals surface area contributed by atoms with Crippen LogP contribution in [0.3, 0.4) is 0 Å². The minimum Gasteiger partial charge on any atom is -0.497 e. The lowest BCUT2D eigenvalue weighted by atomic mass is 10.2. The highest BCUT2D eigenvalue weighted by Crippen LogP contribution is 2.20. The maximum absolute atomic E-state index is 12.3. The fourth-order valence-electron chi connectivity index (χ4n) is 3.15. The van der Waals surface area contributed by atoms with Crippen molar-refractivity contribution in [1.29, 1.82) is 0 Å². The number of ether oxygens (including phenoxy) is 1. The zero-order valence-corrected chi connectivity index (χ0v) is 16.8. The Labute approximate surface area is 174 Å². The number of carbonyl (C=O) groups is 3. The third-order valence-corrected chi connectivity index (χ3v) is 4.86. The maximum Gasteiger partial charge on any atom is 0.317 e. The summed E-state index contributed by atoms with van der Waals surface area (Å²) in [6, 6.07) is 13.8. The van der Waals surface area contributed by atoms with Crippen molar-refractivity contribution in [3.05, 3.63) is 54.1 Å². The Hall–Kier alpha value is -3.75. The predicted octanol–water partition coefficient (Wildman–Crippen LogP) is 1.26. The molecule has 0 saturated carbocycles. The van der Waals surface area contributed by atoms with E-state index in [2.05, 4.69) is 15.5 Å². The Morgan fingerprint density at radius 3 is 2.17 bits per heavy atom. The van der Waals surface area contributed by atoms with Crippen molar-refractivity contribution < 1.29 is 19.1 Å². The van der Waals surface area contributed by atoms with Crippen molar-refractivity contribution >= 4 is 29.2 Å². The first-order valence-electron chi connectivity index (χ1n) is 9.58. The highest BCUT2D eigenvalue weighted by Gasteiger charge is 2.21. The molecular weight excluding hydrogens is 386 g/mol. The minimum absolute atomic E-state index is 0.144. The van der Waals surface area contributed by atoms with E-state index in [9.17, 15) is 14.4 Å². The molecule has 30 heavy (non-hydrogen) atoms. The molecule has 1 heterocycles. The number of hydrogen-bond donors (Lipinski definition) is 3. The Kier molecular flexibility index (Phi) is 6.74. The van der Waals surface area contributed by atoms with E-state index in [0.29, 0.717) is 37.4 Å². The molecule has 158 valence electrons. The van der Waals surface area contributed by atoms with E-state index in [4.69, 9.17) is 10.5 Å². The van der Waals surface area contributed by atoms with Crippen LogP contribution in [0.2, 0.25) is 0 Å². The van der Waals surface area contributed by atoms with Crippen LogP contribution >= 0.6 is 0 Å². The highest BCUT2D eigenvalue weighted by molar-refractivity contribution is 5.96. The number of urea groups is 1. The van der Waals surface area contributed by atoms with Gasteiger partial charge in [-0.2, -0.15) is 0 Å². The molecule has 0 atom stereocenters. The molecule has 0 aromatic heterocycles. The number of piperazine rings is 1. The van der Waals surface area contributed by atoms with Gasteiger partial charge in [0.25, 0.3) is 0 Å². The summed E-state index contributed by atoms with van der Waals surface area (Å²) >= 11 is 0. The van der Waals surface area contributed by atoms with E-state index in [0.717, 1.165) is 11.4 Å². The summed E-state index contributed by atoms with van der Waals surface area (Å²) < 4.78 is 5.17. The van der Waals surface area contributed by atoms with E-state index >= 15 is 0 Å². The largest absolute Gasteiger partial charge is 0.497 e. The predicted molar refractivity (Wildman–Crippen MR) is 114 cm³/mol. The highest BCUT2D eigenvalue weighted by atomic mass is 16.5. The van der Waals surface area contributed by atoms with Crippen molar-refractivity contribution in [3.63, 3.8) is 0 Å². The molecule has 2 aromatic carbocycles. The van der Waals surface area contributed by atoms with Crippen molar-refractivity contribution in [2.24, 2.45) is 5.73 Å². The van der Waals surface area contributed by atoms with Crippen LogP contribution in [0.25, 0.3) is 0 Å². The number of rotatable bonds is 6. The van der Waals surface area contributed by atoms with Crippen LogP contribution in [0, 0.1) is 0 Å². The first kappa shape index (κ1) is 21.0. The maximum atomic E-state index is 12.3. The van der Waals surface area contributed by atoms with E-state index in [1.165, 1.54) is 12.1 Å². The molecule has 9 nitrogen and oxygen atoms in total. The number of amides is 4. The second-order valence-electron chi connectivity index (χ2n) is 6.82. The second kappa shape index (κ2) is 9.64. The van der Waals surface area contributed by atoms with E-state index in [-0.39, 0.29) is 18.5 Å². The van der Waals surface area contributed by atoms with E-state index < -0.39 is 5.91 Å². The molecule has 1 aliphatic rings. The average molecular weight is 411 g/mol. The average Bonchev–Trinajstić information content (AvgIpc) is 2.78. The molecule has 0 bridgehead atoms. The molecule has 4 N–H and O–H groups in total. The Morgan fingerprint density at radius 1 is 0.967 bits per heavy atom. The van der Waals surface area contributed by atoms with Crippen molar-refractivity contribution in [3.8, 4) is 5.75 Å². The van der Waals surface area contributed by atoms with Gasteiger partial charge in [-0.15, -0.1) is 0 Å². The molecule has 0 unspecified atom stereocenters. The smallest absolute Gasteiger partial charge is 0.317 e. The van der Waals surface area contributed by atoms with Gasteiger partial charge in [0, 0.05) is 43.1 Å². The van der Waals surface area contributed by atoms with Crippen LogP contribution in [-0.4, -0.2) is 62.6 Å². The van der Waals surface area contributed by atoms with Gasteiger partial charge >= 0.3 is 6.03 Å². The summed E-state index contributed by atoms with van der Waals surface area (Å²) in [5.41, 5.74) is 7.14. The van der Waals surface area contributed by atoms with Crippen molar-refractivity contribution in [2.75, 3.05) is 50.1 Å². The number of hydrogen-bond acceptors (Lipinski definition) is 5. The second-order valence-corrected chi connectivity index (χ2v) is 6.82. The summed E-state index contributed by atoms with van der Waals surface area (Å²) in [4.78, 5) is 39.4. The molecular formula is C21H25N5O4. The van der Waals surface area contributed by atoms with Crippen LogP contribution in [0.4, 0.5) is 16.2 Å². The van der Waals surface area contributed by atoms with Crippen molar-refractivity contribution in [2.45, 2.75) is 0 Å². The van der Waals surface area contributed by atoms with E-state index in [1.54, 1.807) is 24.1 Å². The molecule has 0 spiro atoms. The molecule has 2 aromatic rings. The summed E-state index contributed by atoms with van der Waals surface area (Å²) in [7, 11) is 1.63. The molecule has 3 rings (SSSR count). The van der Waals surface area contributed by atoms with Gasteiger partial charge in [0.1, 0.15) is 5.75 Å². The van der Waals surface area contributed by atoms with Gasteiger partial charge in [0.05, 0.1) is 13.7 Å². The van der Waals surface area contributed by atoms with Gasteiger partial charge in [0.15, 0.2) is 0 Å². The normalized spacial score (nSPS) is 13.5. The molecule has 0 radical (unpaired) electrons. The Balaban J connectivity index is 1.41. The SMILES string of the molecule is COc1ccc(N2CCN(C(=O)NCC(=O)Nc3ccc(C(N)=O)cc3)CC2)cc1.